The number of carbonyl (C=O) groups is 1. The van der Waals surface area contributed by atoms with E-state index < -0.39 is 0 Å². The molecule has 2 aliphatic heterocycles. The van der Waals surface area contributed by atoms with E-state index >= 15 is 0 Å². The number of nitrogens with one attached hydrogen (secondary N) is 1. The highest BCUT2D eigenvalue weighted by Crippen LogP contribution is 2.20. The molecule has 0 aliphatic carbocycles. The Balaban J connectivity index is 0.00000176. The Labute approximate surface area is 138 Å². The Hall–Kier alpha value is -1.14. The normalized spacial score (nSPS) is 23.7. The van der Waals surface area contributed by atoms with Crippen molar-refractivity contribution in [1.82, 2.24) is 25.2 Å². The van der Waals surface area contributed by atoms with Gasteiger partial charge in [0.25, 0.3) is 5.91 Å². The number of nitrogens with zero attached hydrogens (tertiary/aromatic N) is 4. The first-order valence-corrected chi connectivity index (χ1v) is 8.16. The van der Waals surface area contributed by atoms with Crippen LogP contribution in [0.2, 0.25) is 0 Å². The quantitative estimate of drug-likeness (QED) is 0.901. The molecule has 0 radical (unpaired) electrons. The number of hydrogen-bond donors (Lipinski definition) is 1. The Morgan fingerprint density at radius 2 is 2.00 bits per heavy atom. The average molecular weight is 328 g/mol. The van der Waals surface area contributed by atoms with E-state index in [1.165, 1.54) is 6.42 Å². The highest BCUT2D eigenvalue weighted by atomic mass is 35.5. The fraction of sp³-hybridized carbons (Fsp3) is 0.800. The van der Waals surface area contributed by atoms with E-state index in [0.717, 1.165) is 51.9 Å². The van der Waals surface area contributed by atoms with Crippen LogP contribution in [0, 0.1) is 5.92 Å². The maximum atomic E-state index is 12.6. The minimum atomic E-state index is 0. The summed E-state index contributed by atoms with van der Waals surface area (Å²) >= 11 is 0. The summed E-state index contributed by atoms with van der Waals surface area (Å²) in [5.41, 5.74) is 0.503. The molecule has 3 heterocycles. The van der Waals surface area contributed by atoms with Crippen LogP contribution in [-0.2, 0) is 0 Å². The molecule has 2 fully saturated rings. The van der Waals surface area contributed by atoms with E-state index in [9.17, 15) is 4.79 Å². The van der Waals surface area contributed by atoms with Gasteiger partial charge in [-0.2, -0.15) is 0 Å². The third-order valence-corrected chi connectivity index (χ3v) is 4.72. The van der Waals surface area contributed by atoms with E-state index in [4.69, 9.17) is 0 Å². The third kappa shape index (κ3) is 3.98. The number of carbonyl (C=O) groups excluding carboxylic acids is 1. The number of hydrogen-bond acceptors (Lipinski definition) is 4. The summed E-state index contributed by atoms with van der Waals surface area (Å²) < 4.78 is 1.88. The summed E-state index contributed by atoms with van der Waals surface area (Å²) in [6.07, 6.45) is 7.35. The number of amides is 1. The molecule has 124 valence electrons. The van der Waals surface area contributed by atoms with E-state index in [0.29, 0.717) is 17.7 Å². The Morgan fingerprint density at radius 3 is 2.77 bits per heavy atom. The molecule has 2 saturated heterocycles. The summed E-state index contributed by atoms with van der Waals surface area (Å²) in [4.78, 5) is 14.5. The Kier molecular flexibility index (Phi) is 6.20. The van der Waals surface area contributed by atoms with Gasteiger partial charge in [-0.3, -0.25) is 4.79 Å². The van der Waals surface area contributed by atoms with Crippen molar-refractivity contribution in [2.24, 2.45) is 5.92 Å². The van der Waals surface area contributed by atoms with Crippen LogP contribution in [0.15, 0.2) is 6.20 Å². The van der Waals surface area contributed by atoms with Gasteiger partial charge in [0.05, 0.1) is 12.2 Å². The molecule has 6 nitrogen and oxygen atoms in total. The molecule has 7 heteroatoms. The number of halogens is 1. The summed E-state index contributed by atoms with van der Waals surface area (Å²) in [6.45, 7) is 5.99. The highest BCUT2D eigenvalue weighted by molar-refractivity contribution is 5.91. The molecule has 0 saturated carbocycles. The number of rotatable bonds is 2. The van der Waals surface area contributed by atoms with E-state index in [1.54, 1.807) is 0 Å². The van der Waals surface area contributed by atoms with Gasteiger partial charge in [0.15, 0.2) is 5.69 Å². The van der Waals surface area contributed by atoms with Gasteiger partial charge in [-0.05, 0) is 51.1 Å². The summed E-state index contributed by atoms with van der Waals surface area (Å²) in [6, 6.07) is 0.379. The topological polar surface area (TPSA) is 63.1 Å². The number of piperidine rings is 1. The van der Waals surface area contributed by atoms with Crippen LogP contribution in [0.1, 0.15) is 55.6 Å². The molecule has 0 bridgehead atoms. The second-order valence-corrected chi connectivity index (χ2v) is 6.39. The van der Waals surface area contributed by atoms with Crippen LogP contribution in [0.25, 0.3) is 0 Å². The van der Waals surface area contributed by atoms with Gasteiger partial charge in [-0.1, -0.05) is 12.1 Å². The highest BCUT2D eigenvalue weighted by Gasteiger charge is 2.23. The predicted molar refractivity (Wildman–Crippen MR) is 87.3 cm³/mol. The third-order valence-electron chi connectivity index (χ3n) is 4.72. The smallest absolute Gasteiger partial charge is 0.276 e. The standard InChI is InChI=1S/C15H25N5O.ClH/c1-12-3-2-9-19(10-6-12)15(21)14-11-20(18-17-14)13-4-7-16-8-5-13;/h11-13,16H,2-10H2,1H3;1H. The minimum Gasteiger partial charge on any atom is -0.337 e. The maximum Gasteiger partial charge on any atom is 0.276 e. The van der Waals surface area contributed by atoms with Crippen molar-refractivity contribution in [3.63, 3.8) is 0 Å². The van der Waals surface area contributed by atoms with Crippen molar-refractivity contribution in [3.8, 4) is 0 Å². The zero-order chi connectivity index (χ0) is 14.7. The Bertz CT molecular complexity index is 486. The molecule has 1 amide bonds. The predicted octanol–water partition coefficient (Wildman–Crippen LogP) is 1.89. The first kappa shape index (κ1) is 17.2. The summed E-state index contributed by atoms with van der Waals surface area (Å²) in [5.74, 6) is 0.762. The first-order chi connectivity index (χ1) is 10.2. The van der Waals surface area contributed by atoms with Crippen LogP contribution in [0.3, 0.4) is 0 Å². The fourth-order valence-corrected chi connectivity index (χ4v) is 3.25. The molecular formula is C15H26ClN5O. The molecule has 0 aromatic carbocycles. The molecule has 0 spiro atoms. The second kappa shape index (κ2) is 7.92. The van der Waals surface area contributed by atoms with Gasteiger partial charge < -0.3 is 10.2 Å². The lowest BCUT2D eigenvalue weighted by Gasteiger charge is -2.22. The van der Waals surface area contributed by atoms with Crippen LogP contribution in [-0.4, -0.2) is 52.0 Å². The zero-order valence-electron chi connectivity index (χ0n) is 13.2. The van der Waals surface area contributed by atoms with Crippen molar-refractivity contribution in [3.05, 3.63) is 11.9 Å². The summed E-state index contributed by atoms with van der Waals surface area (Å²) in [5, 5.41) is 11.6. The maximum absolute atomic E-state index is 12.6. The van der Waals surface area contributed by atoms with Crippen LogP contribution in [0.4, 0.5) is 0 Å². The number of aromatic nitrogens is 3. The monoisotopic (exact) mass is 327 g/mol. The van der Waals surface area contributed by atoms with Crippen LogP contribution < -0.4 is 5.32 Å². The van der Waals surface area contributed by atoms with Crippen molar-refractivity contribution in [2.75, 3.05) is 26.2 Å². The lowest BCUT2D eigenvalue weighted by Crippen LogP contribution is -2.32. The lowest BCUT2D eigenvalue weighted by molar-refractivity contribution is 0.0754. The molecule has 1 aromatic rings. The van der Waals surface area contributed by atoms with Gasteiger partial charge in [0, 0.05) is 13.1 Å². The van der Waals surface area contributed by atoms with Crippen molar-refractivity contribution in [1.29, 1.82) is 0 Å². The molecular weight excluding hydrogens is 302 g/mol. The van der Waals surface area contributed by atoms with Crippen LogP contribution >= 0.6 is 12.4 Å². The molecule has 1 atom stereocenters. The molecule has 2 aliphatic rings. The van der Waals surface area contributed by atoms with E-state index in [1.807, 2.05) is 15.8 Å². The molecule has 3 rings (SSSR count). The van der Waals surface area contributed by atoms with E-state index in [2.05, 4.69) is 22.6 Å². The van der Waals surface area contributed by atoms with Crippen molar-refractivity contribution >= 4 is 18.3 Å². The zero-order valence-corrected chi connectivity index (χ0v) is 14.0. The first-order valence-electron chi connectivity index (χ1n) is 8.16. The number of likely N-dealkylation sites (tertiary alicyclic amines) is 1. The Morgan fingerprint density at radius 1 is 1.23 bits per heavy atom. The second-order valence-electron chi connectivity index (χ2n) is 6.39. The van der Waals surface area contributed by atoms with Gasteiger partial charge in [0.2, 0.25) is 0 Å². The van der Waals surface area contributed by atoms with Gasteiger partial charge >= 0.3 is 0 Å². The van der Waals surface area contributed by atoms with Gasteiger partial charge in [0.1, 0.15) is 0 Å². The van der Waals surface area contributed by atoms with E-state index in [-0.39, 0.29) is 18.3 Å². The SMILES string of the molecule is CC1CCCN(C(=O)c2cn(C3CCNCC3)nn2)CC1.Cl. The van der Waals surface area contributed by atoms with Crippen molar-refractivity contribution in [2.45, 2.75) is 45.1 Å². The molecule has 1 aromatic heterocycles. The van der Waals surface area contributed by atoms with Gasteiger partial charge in [-0.25, -0.2) is 4.68 Å². The van der Waals surface area contributed by atoms with Crippen LogP contribution in [0.5, 0.6) is 0 Å². The average Bonchev–Trinajstić information content (AvgIpc) is 2.91. The minimum absolute atomic E-state index is 0. The van der Waals surface area contributed by atoms with Gasteiger partial charge in [-0.15, -0.1) is 17.5 Å². The lowest BCUT2D eigenvalue weighted by atomic mass is 10.0. The molecule has 1 N–H and O–H groups in total. The van der Waals surface area contributed by atoms with Crippen molar-refractivity contribution < 1.29 is 4.79 Å². The largest absolute Gasteiger partial charge is 0.337 e. The molecule has 22 heavy (non-hydrogen) atoms. The molecule has 1 unspecified atom stereocenters. The summed E-state index contributed by atoms with van der Waals surface area (Å²) in [7, 11) is 0. The fourth-order valence-electron chi connectivity index (χ4n) is 3.25.